The highest BCUT2D eigenvalue weighted by atomic mass is 35.5. The minimum absolute atomic E-state index is 0.265. The third kappa shape index (κ3) is 5.09. The van der Waals surface area contributed by atoms with Crippen LogP contribution >= 0.6 is 35.0 Å². The zero-order valence-electron chi connectivity index (χ0n) is 15.0. The van der Waals surface area contributed by atoms with Gasteiger partial charge in [0.1, 0.15) is 18.1 Å². The molecule has 0 unspecified atom stereocenters. The Morgan fingerprint density at radius 3 is 2.74 bits per heavy atom. The van der Waals surface area contributed by atoms with Crippen LogP contribution < -0.4 is 9.47 Å². The van der Waals surface area contributed by atoms with Crippen molar-refractivity contribution in [2.75, 3.05) is 7.11 Å². The van der Waals surface area contributed by atoms with Gasteiger partial charge in [-0.15, -0.1) is 10.2 Å². The van der Waals surface area contributed by atoms with Crippen molar-refractivity contribution in [1.82, 2.24) is 14.8 Å². The van der Waals surface area contributed by atoms with Crippen LogP contribution in [0.25, 0.3) is 0 Å². The van der Waals surface area contributed by atoms with E-state index in [1.807, 2.05) is 22.8 Å². The average Bonchev–Trinajstić information content (AvgIpc) is 3.09. The first-order valence-corrected chi connectivity index (χ1v) is 10.1. The molecule has 1 aromatic heterocycles. The van der Waals surface area contributed by atoms with E-state index in [0.717, 1.165) is 34.6 Å². The summed E-state index contributed by atoms with van der Waals surface area (Å²) in [5.41, 5.74) is 1.16. The van der Waals surface area contributed by atoms with E-state index in [1.54, 1.807) is 37.1 Å². The fourth-order valence-electron chi connectivity index (χ4n) is 2.49. The summed E-state index contributed by atoms with van der Waals surface area (Å²) in [6.45, 7) is 3.06. The summed E-state index contributed by atoms with van der Waals surface area (Å²) in [7, 11) is 1.67. The number of nitrogens with zero attached hydrogens (tertiary/aromatic N) is 3. The zero-order chi connectivity index (χ0) is 19.2. The van der Waals surface area contributed by atoms with Crippen molar-refractivity contribution in [3.63, 3.8) is 0 Å². The third-order valence-electron chi connectivity index (χ3n) is 3.86. The highest BCUT2D eigenvalue weighted by molar-refractivity contribution is 7.98. The lowest BCUT2D eigenvalue weighted by molar-refractivity contribution is 0.288. The van der Waals surface area contributed by atoms with Gasteiger partial charge in [0.15, 0.2) is 11.0 Å². The normalized spacial score (nSPS) is 10.8. The third-order valence-corrected chi connectivity index (χ3v) is 5.45. The number of methoxy groups -OCH3 is 1. The van der Waals surface area contributed by atoms with Crippen LogP contribution in [0.2, 0.25) is 10.0 Å². The molecule has 0 fully saturated rings. The summed E-state index contributed by atoms with van der Waals surface area (Å²) < 4.78 is 13.1. The standard InChI is InChI=1S/C19H19Cl2N3O2S/c1-3-24-18(11-26-17-10-14(20)7-8-16(17)21)22-23-19(24)27-12-13-5-4-6-15(9-13)25-2/h4-10H,3,11-12H2,1-2H3. The number of hydrogen-bond acceptors (Lipinski definition) is 5. The second-order valence-electron chi connectivity index (χ2n) is 5.65. The Labute approximate surface area is 172 Å². The number of hydrogen-bond donors (Lipinski definition) is 0. The van der Waals surface area contributed by atoms with Gasteiger partial charge in [-0.25, -0.2) is 0 Å². The van der Waals surface area contributed by atoms with Gasteiger partial charge in [0, 0.05) is 23.4 Å². The van der Waals surface area contributed by atoms with Crippen LogP contribution in [0.5, 0.6) is 11.5 Å². The quantitative estimate of drug-likeness (QED) is 0.448. The first kappa shape index (κ1) is 19.9. The van der Waals surface area contributed by atoms with E-state index in [9.17, 15) is 0 Å². The van der Waals surface area contributed by atoms with E-state index in [0.29, 0.717) is 15.8 Å². The largest absolute Gasteiger partial charge is 0.497 e. The molecule has 0 amide bonds. The molecule has 0 saturated heterocycles. The van der Waals surface area contributed by atoms with E-state index in [4.69, 9.17) is 32.7 Å². The molecule has 0 radical (unpaired) electrons. The minimum atomic E-state index is 0.265. The Morgan fingerprint density at radius 2 is 1.96 bits per heavy atom. The molecule has 0 aliphatic rings. The van der Waals surface area contributed by atoms with Crippen molar-refractivity contribution in [2.24, 2.45) is 0 Å². The van der Waals surface area contributed by atoms with Crippen LogP contribution in [-0.4, -0.2) is 21.9 Å². The van der Waals surface area contributed by atoms with Gasteiger partial charge >= 0.3 is 0 Å². The van der Waals surface area contributed by atoms with Gasteiger partial charge in [0.25, 0.3) is 0 Å². The van der Waals surface area contributed by atoms with Crippen molar-refractivity contribution in [1.29, 1.82) is 0 Å². The molecule has 3 rings (SSSR count). The second kappa shape index (κ2) is 9.35. The lowest BCUT2D eigenvalue weighted by Gasteiger charge is -2.10. The zero-order valence-corrected chi connectivity index (χ0v) is 17.3. The monoisotopic (exact) mass is 423 g/mol. The summed E-state index contributed by atoms with van der Waals surface area (Å²) in [6, 6.07) is 13.1. The topological polar surface area (TPSA) is 49.2 Å². The van der Waals surface area contributed by atoms with Crippen LogP contribution in [-0.2, 0) is 18.9 Å². The number of rotatable bonds is 8. The lowest BCUT2D eigenvalue weighted by atomic mass is 10.2. The summed E-state index contributed by atoms with van der Waals surface area (Å²) >= 11 is 13.8. The molecule has 0 saturated carbocycles. The van der Waals surface area contributed by atoms with Crippen molar-refractivity contribution < 1.29 is 9.47 Å². The van der Waals surface area contributed by atoms with Crippen molar-refractivity contribution in [3.05, 3.63) is 63.9 Å². The molecule has 142 valence electrons. The van der Waals surface area contributed by atoms with Gasteiger partial charge in [-0.3, -0.25) is 0 Å². The maximum atomic E-state index is 6.14. The lowest BCUT2D eigenvalue weighted by Crippen LogP contribution is -2.07. The van der Waals surface area contributed by atoms with Crippen molar-refractivity contribution >= 4 is 35.0 Å². The summed E-state index contributed by atoms with van der Waals surface area (Å²) in [4.78, 5) is 0. The minimum Gasteiger partial charge on any atom is -0.497 e. The van der Waals surface area contributed by atoms with Gasteiger partial charge in [-0.2, -0.15) is 0 Å². The molecular weight excluding hydrogens is 405 g/mol. The summed E-state index contributed by atoms with van der Waals surface area (Å²) in [5, 5.41) is 10.5. The maximum Gasteiger partial charge on any atom is 0.191 e. The van der Waals surface area contributed by atoms with Crippen molar-refractivity contribution in [2.45, 2.75) is 31.0 Å². The van der Waals surface area contributed by atoms with Gasteiger partial charge in [-0.05, 0) is 36.8 Å². The number of halogens is 2. The first-order chi connectivity index (χ1) is 13.1. The number of aromatic nitrogens is 3. The molecule has 1 heterocycles. The van der Waals surface area contributed by atoms with E-state index in [2.05, 4.69) is 23.2 Å². The van der Waals surface area contributed by atoms with Gasteiger partial charge < -0.3 is 14.0 Å². The molecule has 27 heavy (non-hydrogen) atoms. The molecule has 0 atom stereocenters. The second-order valence-corrected chi connectivity index (χ2v) is 7.43. The predicted molar refractivity (Wildman–Crippen MR) is 109 cm³/mol. The van der Waals surface area contributed by atoms with Crippen LogP contribution in [0.15, 0.2) is 47.6 Å². The summed E-state index contributed by atoms with van der Waals surface area (Å²) in [5.74, 6) is 2.88. The fraction of sp³-hybridized carbons (Fsp3) is 0.263. The van der Waals surface area contributed by atoms with Crippen LogP contribution in [0, 0.1) is 0 Å². The molecule has 0 aliphatic carbocycles. The van der Waals surface area contributed by atoms with Crippen LogP contribution in [0.1, 0.15) is 18.3 Å². The molecule has 0 bridgehead atoms. The predicted octanol–water partition coefficient (Wildman–Crippen LogP) is 5.48. The maximum absolute atomic E-state index is 6.14. The average molecular weight is 424 g/mol. The number of ether oxygens (including phenoxy) is 2. The molecule has 5 nitrogen and oxygen atoms in total. The Hall–Kier alpha value is -1.89. The van der Waals surface area contributed by atoms with Crippen LogP contribution in [0.4, 0.5) is 0 Å². The molecule has 2 aromatic carbocycles. The molecule has 0 aliphatic heterocycles. The fourth-order valence-corrected chi connectivity index (χ4v) is 3.79. The Kier molecular flexibility index (Phi) is 6.88. The number of thioether (sulfide) groups is 1. The number of benzene rings is 2. The van der Waals surface area contributed by atoms with Gasteiger partial charge in [-0.1, -0.05) is 47.1 Å². The highest BCUT2D eigenvalue weighted by Gasteiger charge is 2.13. The van der Waals surface area contributed by atoms with Crippen molar-refractivity contribution in [3.8, 4) is 11.5 Å². The SMILES string of the molecule is CCn1c(COc2cc(Cl)ccc2Cl)nnc1SCc1cccc(OC)c1. The molecule has 0 spiro atoms. The van der Waals surface area contributed by atoms with Gasteiger partial charge in [0.05, 0.1) is 12.1 Å². The molecule has 8 heteroatoms. The first-order valence-electron chi connectivity index (χ1n) is 8.36. The Bertz CT molecular complexity index is 918. The molecular formula is C19H19Cl2N3O2S. The van der Waals surface area contributed by atoms with E-state index >= 15 is 0 Å². The van der Waals surface area contributed by atoms with E-state index in [-0.39, 0.29) is 6.61 Å². The molecule has 0 N–H and O–H groups in total. The van der Waals surface area contributed by atoms with Gasteiger partial charge in [0.2, 0.25) is 0 Å². The Balaban J connectivity index is 1.68. The van der Waals surface area contributed by atoms with Crippen LogP contribution in [0.3, 0.4) is 0 Å². The Morgan fingerprint density at radius 1 is 1.11 bits per heavy atom. The molecule has 3 aromatic rings. The summed E-state index contributed by atoms with van der Waals surface area (Å²) in [6.07, 6.45) is 0. The van der Waals surface area contributed by atoms with E-state index < -0.39 is 0 Å². The smallest absolute Gasteiger partial charge is 0.191 e. The van der Waals surface area contributed by atoms with E-state index in [1.165, 1.54) is 0 Å². The highest BCUT2D eigenvalue weighted by Crippen LogP contribution is 2.29.